The van der Waals surface area contributed by atoms with Crippen LogP contribution in [-0.2, 0) is 9.59 Å². The number of carbonyl (C=O) groups excluding carboxylic acids is 2. The number of aromatic nitrogens is 1. The summed E-state index contributed by atoms with van der Waals surface area (Å²) in [5.74, 6) is -0.226. The highest BCUT2D eigenvalue weighted by atomic mass is 19.1. The lowest BCUT2D eigenvalue weighted by atomic mass is 10.0. The van der Waals surface area contributed by atoms with Gasteiger partial charge >= 0.3 is 0 Å². The van der Waals surface area contributed by atoms with Crippen LogP contribution in [0.3, 0.4) is 0 Å². The second kappa shape index (κ2) is 9.15. The van der Waals surface area contributed by atoms with E-state index in [0.29, 0.717) is 5.69 Å². The van der Waals surface area contributed by atoms with Crippen molar-refractivity contribution in [2.45, 2.75) is 44.6 Å². The number of nitrogens with one attached hydrogen (secondary N) is 2. The van der Waals surface area contributed by atoms with Crippen LogP contribution in [0, 0.1) is 0 Å². The molecule has 4 N–H and O–H groups in total. The van der Waals surface area contributed by atoms with Crippen molar-refractivity contribution < 1.29 is 14.0 Å². The summed E-state index contributed by atoms with van der Waals surface area (Å²) in [5.41, 5.74) is 8.29. The smallest absolute Gasteiger partial charge is 0.238 e. The number of anilines is 2. The Balaban J connectivity index is 1.35. The molecule has 2 aliphatic heterocycles. The minimum Gasteiger partial charge on any atom is -0.382 e. The van der Waals surface area contributed by atoms with Crippen molar-refractivity contribution in [3.05, 3.63) is 30.5 Å². The molecular weight excluding hydrogens is 399 g/mol. The highest BCUT2D eigenvalue weighted by Crippen LogP contribution is 2.30. The lowest BCUT2D eigenvalue weighted by Crippen LogP contribution is -2.48. The van der Waals surface area contributed by atoms with Gasteiger partial charge in [-0.3, -0.25) is 19.5 Å². The van der Waals surface area contributed by atoms with Crippen LogP contribution in [0.15, 0.2) is 30.5 Å². The number of carbonyl (C=O) groups is 2. The molecule has 0 bridgehead atoms. The van der Waals surface area contributed by atoms with Crippen LogP contribution >= 0.6 is 0 Å². The third-order valence-corrected chi connectivity index (χ3v) is 6.00. The third-order valence-electron chi connectivity index (χ3n) is 6.00. The number of pyridine rings is 1. The lowest BCUT2D eigenvalue weighted by molar-refractivity contribution is -0.133. The van der Waals surface area contributed by atoms with E-state index in [9.17, 15) is 14.0 Å². The zero-order chi connectivity index (χ0) is 22.0. The van der Waals surface area contributed by atoms with E-state index in [2.05, 4.69) is 20.5 Å². The topological polar surface area (TPSA) is 104 Å². The Bertz CT molecular complexity index is 962. The highest BCUT2D eigenvalue weighted by molar-refractivity contribution is 6.04. The van der Waals surface area contributed by atoms with Crippen LogP contribution in [0.5, 0.6) is 0 Å². The second-order valence-electron chi connectivity index (χ2n) is 8.38. The van der Waals surface area contributed by atoms with Gasteiger partial charge in [0.2, 0.25) is 11.8 Å². The van der Waals surface area contributed by atoms with Gasteiger partial charge in [-0.15, -0.1) is 0 Å². The number of amides is 2. The number of piperidine rings is 1. The monoisotopic (exact) mass is 428 g/mol. The Labute approximate surface area is 181 Å². The van der Waals surface area contributed by atoms with Crippen molar-refractivity contribution in [3.63, 3.8) is 0 Å². The number of halogens is 1. The standard InChI is InChI=1S/C22H29FN6O2/c1-14(30)26-19-5-4-18(17-3-2-8-25-22(17)19)27-16-6-9-28(10-7-16)13-21(31)29-12-15(23)11-20(29)24/h2-5,8,15-16,20,27H,6-7,9-13,24H2,1H3,(H,26,30)/t15-,20?/m0/s1. The van der Waals surface area contributed by atoms with E-state index in [1.165, 1.54) is 11.8 Å². The largest absolute Gasteiger partial charge is 0.382 e. The third kappa shape index (κ3) is 4.94. The van der Waals surface area contributed by atoms with Gasteiger partial charge in [-0.2, -0.15) is 0 Å². The Morgan fingerprint density at radius 1 is 1.23 bits per heavy atom. The molecule has 2 aliphatic rings. The van der Waals surface area contributed by atoms with Gasteiger partial charge in [0.15, 0.2) is 0 Å². The molecule has 4 rings (SSSR count). The van der Waals surface area contributed by atoms with Gasteiger partial charge in [0.25, 0.3) is 0 Å². The maximum absolute atomic E-state index is 13.5. The number of alkyl halides is 1. The number of hydrogen-bond acceptors (Lipinski definition) is 6. The van der Waals surface area contributed by atoms with Gasteiger partial charge in [-0.25, -0.2) is 4.39 Å². The Morgan fingerprint density at radius 3 is 2.65 bits per heavy atom. The number of hydrogen-bond donors (Lipinski definition) is 3. The van der Waals surface area contributed by atoms with Crippen molar-refractivity contribution in [2.75, 3.05) is 36.8 Å². The fourth-order valence-electron chi connectivity index (χ4n) is 4.43. The van der Waals surface area contributed by atoms with Gasteiger partial charge in [-0.1, -0.05) is 0 Å². The molecule has 0 saturated carbocycles. The second-order valence-corrected chi connectivity index (χ2v) is 8.38. The number of benzene rings is 1. The van der Waals surface area contributed by atoms with E-state index in [1.807, 2.05) is 24.3 Å². The molecule has 1 unspecified atom stereocenters. The van der Waals surface area contributed by atoms with Crippen LogP contribution in [0.25, 0.3) is 10.9 Å². The lowest BCUT2D eigenvalue weighted by Gasteiger charge is -2.34. The van der Waals surface area contributed by atoms with Crippen molar-refractivity contribution in [3.8, 4) is 0 Å². The first kappa shape index (κ1) is 21.5. The average molecular weight is 429 g/mol. The maximum Gasteiger partial charge on any atom is 0.238 e. The number of nitrogens with zero attached hydrogens (tertiary/aromatic N) is 3. The van der Waals surface area contributed by atoms with Crippen LogP contribution in [0.1, 0.15) is 26.2 Å². The first-order valence-electron chi connectivity index (χ1n) is 10.7. The van der Waals surface area contributed by atoms with E-state index < -0.39 is 12.3 Å². The molecule has 1 aromatic heterocycles. The van der Waals surface area contributed by atoms with E-state index in [1.54, 1.807) is 6.20 Å². The van der Waals surface area contributed by atoms with E-state index in [-0.39, 0.29) is 37.4 Å². The minimum absolute atomic E-state index is 0.0929. The molecule has 1 aromatic carbocycles. The molecule has 2 fully saturated rings. The first-order chi connectivity index (χ1) is 14.9. The normalized spacial score (nSPS) is 22.6. The molecule has 9 heteroatoms. The van der Waals surface area contributed by atoms with Crippen molar-refractivity contribution in [1.82, 2.24) is 14.8 Å². The molecule has 0 spiro atoms. The van der Waals surface area contributed by atoms with Crippen LogP contribution < -0.4 is 16.4 Å². The van der Waals surface area contributed by atoms with Crippen molar-refractivity contribution >= 4 is 34.1 Å². The fourth-order valence-corrected chi connectivity index (χ4v) is 4.43. The molecule has 2 saturated heterocycles. The molecule has 2 atom stereocenters. The predicted molar refractivity (Wildman–Crippen MR) is 118 cm³/mol. The SMILES string of the molecule is CC(=O)Nc1ccc(NC2CCN(CC(=O)N3C[C@@H](F)CC3N)CC2)c2cccnc12. The Morgan fingerprint density at radius 2 is 1.97 bits per heavy atom. The summed E-state index contributed by atoms with van der Waals surface area (Å²) in [7, 11) is 0. The first-order valence-corrected chi connectivity index (χ1v) is 10.7. The van der Waals surface area contributed by atoms with E-state index >= 15 is 0 Å². The van der Waals surface area contributed by atoms with Crippen molar-refractivity contribution in [2.24, 2.45) is 5.73 Å². The fraction of sp³-hybridized carbons (Fsp3) is 0.500. The van der Waals surface area contributed by atoms with Gasteiger partial charge in [-0.05, 0) is 37.1 Å². The minimum atomic E-state index is -1.02. The summed E-state index contributed by atoms with van der Waals surface area (Å²) in [5, 5.41) is 7.38. The van der Waals surface area contributed by atoms with Crippen LogP contribution in [0.2, 0.25) is 0 Å². The number of nitrogens with two attached hydrogens (primary N) is 1. The summed E-state index contributed by atoms with van der Waals surface area (Å²) >= 11 is 0. The number of fused-ring (bicyclic) bond motifs is 1. The molecule has 0 radical (unpaired) electrons. The summed E-state index contributed by atoms with van der Waals surface area (Å²) < 4.78 is 13.5. The van der Waals surface area contributed by atoms with Crippen molar-refractivity contribution in [1.29, 1.82) is 0 Å². The number of likely N-dealkylation sites (tertiary alicyclic amines) is 2. The Kier molecular flexibility index (Phi) is 6.33. The zero-order valence-electron chi connectivity index (χ0n) is 17.7. The van der Waals surface area contributed by atoms with Gasteiger partial charge < -0.3 is 21.3 Å². The van der Waals surface area contributed by atoms with Crippen LogP contribution in [-0.4, -0.2) is 71.2 Å². The average Bonchev–Trinajstić information content (AvgIpc) is 3.09. The summed E-state index contributed by atoms with van der Waals surface area (Å²) in [6, 6.07) is 7.97. The molecule has 2 aromatic rings. The molecule has 3 heterocycles. The zero-order valence-corrected chi connectivity index (χ0v) is 17.7. The summed E-state index contributed by atoms with van der Waals surface area (Å²) in [6.07, 6.45) is 2.19. The van der Waals surface area contributed by atoms with Crippen LogP contribution in [0.4, 0.5) is 15.8 Å². The molecule has 31 heavy (non-hydrogen) atoms. The Hall–Kier alpha value is -2.78. The highest BCUT2D eigenvalue weighted by Gasteiger charge is 2.33. The molecule has 8 nitrogen and oxygen atoms in total. The molecule has 2 amide bonds. The molecular formula is C22H29FN6O2. The summed E-state index contributed by atoms with van der Waals surface area (Å²) in [4.78, 5) is 32.0. The molecule has 166 valence electrons. The van der Waals surface area contributed by atoms with E-state index in [4.69, 9.17) is 5.73 Å². The van der Waals surface area contributed by atoms with Gasteiger partial charge in [0.05, 0.1) is 30.5 Å². The maximum atomic E-state index is 13.5. The van der Waals surface area contributed by atoms with E-state index in [0.717, 1.165) is 42.5 Å². The summed E-state index contributed by atoms with van der Waals surface area (Å²) in [6.45, 7) is 3.43. The van der Waals surface area contributed by atoms with Gasteiger partial charge in [0, 0.05) is 49.7 Å². The quantitative estimate of drug-likeness (QED) is 0.672. The molecule has 0 aliphatic carbocycles. The predicted octanol–water partition coefficient (Wildman–Crippen LogP) is 1.92. The van der Waals surface area contributed by atoms with Gasteiger partial charge in [0.1, 0.15) is 6.17 Å². The number of rotatable bonds is 5.